The fourth-order valence-electron chi connectivity index (χ4n) is 2.67. The molecule has 0 aliphatic rings. The van der Waals surface area contributed by atoms with Crippen molar-refractivity contribution in [3.63, 3.8) is 0 Å². The monoisotopic (exact) mass is 450 g/mol. The van der Waals surface area contributed by atoms with Gasteiger partial charge in [0.05, 0.1) is 5.69 Å². The molecular weight excluding hydrogens is 436 g/mol. The van der Waals surface area contributed by atoms with Gasteiger partial charge in [0.15, 0.2) is 0 Å². The van der Waals surface area contributed by atoms with Crippen molar-refractivity contribution in [3.8, 4) is 16.1 Å². The predicted molar refractivity (Wildman–Crippen MR) is 119 cm³/mol. The van der Waals surface area contributed by atoms with E-state index in [-0.39, 0.29) is 0 Å². The number of halogens is 1. The Bertz CT molecular complexity index is 1240. The highest BCUT2D eigenvalue weighted by Crippen LogP contribution is 2.30. The average molecular weight is 451 g/mol. The Morgan fingerprint density at radius 2 is 1.87 bits per heavy atom. The van der Waals surface area contributed by atoms with Crippen LogP contribution >= 0.6 is 22.9 Å². The van der Waals surface area contributed by atoms with Crippen molar-refractivity contribution in [3.05, 3.63) is 88.5 Å². The Morgan fingerprint density at radius 3 is 2.61 bits per heavy atom. The van der Waals surface area contributed by atoms with Crippen LogP contribution in [0.1, 0.15) is 15.2 Å². The predicted octanol–water partition coefficient (Wildman–Crippen LogP) is 3.52. The molecule has 0 fully saturated rings. The van der Waals surface area contributed by atoms with Crippen LogP contribution in [0.25, 0.3) is 22.2 Å². The summed E-state index contributed by atoms with van der Waals surface area (Å²) in [6.07, 6.45) is 4.49. The third-order valence-corrected chi connectivity index (χ3v) is 5.51. The van der Waals surface area contributed by atoms with E-state index in [1.165, 1.54) is 28.4 Å². The topological polar surface area (TPSA) is 102 Å². The second-order valence-electron chi connectivity index (χ2n) is 6.29. The number of hydrogen-bond acceptors (Lipinski definition) is 6. The molecule has 0 atom stereocenters. The molecule has 2 heterocycles. The molecule has 8 nitrogen and oxygen atoms in total. The van der Waals surface area contributed by atoms with E-state index in [9.17, 15) is 9.59 Å². The molecule has 2 aromatic carbocycles. The molecule has 31 heavy (non-hydrogen) atoms. The summed E-state index contributed by atoms with van der Waals surface area (Å²) in [4.78, 5) is 26.2. The molecule has 4 aromatic rings. The van der Waals surface area contributed by atoms with Gasteiger partial charge in [0.1, 0.15) is 6.33 Å². The Labute approximate surface area is 186 Å². The number of nitrogens with one attached hydrogen (secondary N) is 2. The smallest absolute Gasteiger partial charge is 0.268 e. The van der Waals surface area contributed by atoms with E-state index in [1.807, 2.05) is 36.4 Å². The van der Waals surface area contributed by atoms with Gasteiger partial charge < -0.3 is 0 Å². The lowest BCUT2D eigenvalue weighted by atomic mass is 10.2. The van der Waals surface area contributed by atoms with Crippen molar-refractivity contribution in [1.82, 2.24) is 31.1 Å². The lowest BCUT2D eigenvalue weighted by Crippen LogP contribution is -2.40. The van der Waals surface area contributed by atoms with E-state index in [0.29, 0.717) is 16.3 Å². The van der Waals surface area contributed by atoms with Crippen molar-refractivity contribution in [2.24, 2.45) is 0 Å². The lowest BCUT2D eigenvalue weighted by Gasteiger charge is -2.06. The summed E-state index contributed by atoms with van der Waals surface area (Å²) in [5.74, 6) is -0.888. The zero-order valence-electron chi connectivity index (χ0n) is 15.9. The average Bonchev–Trinajstić information content (AvgIpc) is 3.49. The highest BCUT2D eigenvalue weighted by atomic mass is 35.5. The van der Waals surface area contributed by atoms with E-state index in [2.05, 4.69) is 26.4 Å². The molecule has 2 aromatic heterocycles. The normalized spacial score (nSPS) is 10.9. The lowest BCUT2D eigenvalue weighted by molar-refractivity contribution is -0.117. The second-order valence-corrected chi connectivity index (χ2v) is 7.84. The fraction of sp³-hybridized carbons (Fsp3) is 0. The van der Waals surface area contributed by atoms with Crippen LogP contribution in [0.5, 0.6) is 0 Å². The number of hydrogen-bond donors (Lipinski definition) is 2. The number of carbonyl (C=O) groups is 2. The standard InChI is InChI=1S/C21H15ClN6O2S/c22-16-3-1-2-15(12-16)19-10-8-18(31-19)9-11-20(29)24-25-21(30)14-4-6-17(7-5-14)28-13-23-26-27-28/h1-13H,(H,24,29)(H,25,30)/b11-9+. The molecule has 0 bridgehead atoms. The fourth-order valence-corrected chi connectivity index (χ4v) is 3.77. The quantitative estimate of drug-likeness (QED) is 0.358. The van der Waals surface area contributed by atoms with Gasteiger partial charge in [0, 0.05) is 26.4 Å². The number of nitrogens with zero attached hydrogens (tertiary/aromatic N) is 4. The van der Waals surface area contributed by atoms with Crippen LogP contribution in [-0.2, 0) is 4.79 Å². The molecule has 154 valence electrons. The van der Waals surface area contributed by atoms with Crippen LogP contribution in [0.4, 0.5) is 0 Å². The number of amides is 2. The Kier molecular flexibility index (Phi) is 6.16. The molecule has 0 saturated heterocycles. The highest BCUT2D eigenvalue weighted by molar-refractivity contribution is 7.16. The zero-order chi connectivity index (χ0) is 21.6. The summed E-state index contributed by atoms with van der Waals surface area (Å²) < 4.78 is 1.47. The Balaban J connectivity index is 1.31. The minimum atomic E-state index is -0.448. The van der Waals surface area contributed by atoms with Crippen LogP contribution in [0.15, 0.2) is 73.1 Å². The number of benzene rings is 2. The molecule has 2 N–H and O–H groups in total. The SMILES string of the molecule is O=C(/C=C/c1ccc(-c2cccc(Cl)c2)s1)NNC(=O)c1ccc(-n2cnnn2)cc1. The Morgan fingerprint density at radius 1 is 1.03 bits per heavy atom. The summed E-state index contributed by atoms with van der Waals surface area (Å²) >= 11 is 7.56. The molecule has 0 saturated carbocycles. The van der Waals surface area contributed by atoms with Crippen molar-refractivity contribution >= 4 is 40.8 Å². The molecule has 4 rings (SSSR count). The number of aromatic nitrogens is 4. The van der Waals surface area contributed by atoms with E-state index in [0.717, 1.165) is 15.3 Å². The van der Waals surface area contributed by atoms with Crippen molar-refractivity contribution < 1.29 is 9.59 Å². The van der Waals surface area contributed by atoms with Gasteiger partial charge in [0.25, 0.3) is 11.8 Å². The first-order valence-corrected chi connectivity index (χ1v) is 10.3. The van der Waals surface area contributed by atoms with Crippen LogP contribution in [0, 0.1) is 0 Å². The van der Waals surface area contributed by atoms with Crippen molar-refractivity contribution in [2.45, 2.75) is 0 Å². The molecular formula is C21H15ClN6O2S. The first kappa shape index (κ1) is 20.5. The van der Waals surface area contributed by atoms with Gasteiger partial charge in [-0.05, 0) is 70.6 Å². The maximum absolute atomic E-state index is 12.2. The van der Waals surface area contributed by atoms with Crippen LogP contribution in [0.3, 0.4) is 0 Å². The van der Waals surface area contributed by atoms with E-state index >= 15 is 0 Å². The van der Waals surface area contributed by atoms with E-state index < -0.39 is 11.8 Å². The van der Waals surface area contributed by atoms with Crippen LogP contribution in [0.2, 0.25) is 5.02 Å². The molecule has 0 unspecified atom stereocenters. The van der Waals surface area contributed by atoms with Crippen LogP contribution in [-0.4, -0.2) is 32.0 Å². The molecule has 0 spiro atoms. The summed E-state index contributed by atoms with van der Waals surface area (Å²) in [5, 5.41) is 11.6. The van der Waals surface area contributed by atoms with Crippen molar-refractivity contribution in [1.29, 1.82) is 0 Å². The first-order chi connectivity index (χ1) is 15.1. The van der Waals surface area contributed by atoms with Gasteiger partial charge in [-0.1, -0.05) is 23.7 Å². The minimum absolute atomic E-state index is 0.380. The molecule has 0 radical (unpaired) electrons. The zero-order valence-corrected chi connectivity index (χ0v) is 17.5. The summed E-state index contributed by atoms with van der Waals surface area (Å²) in [6.45, 7) is 0. The number of carbonyl (C=O) groups excluding carboxylic acids is 2. The number of thiophene rings is 1. The number of tetrazole rings is 1. The van der Waals surface area contributed by atoms with Gasteiger partial charge in [-0.25, -0.2) is 4.68 Å². The van der Waals surface area contributed by atoms with Crippen molar-refractivity contribution in [2.75, 3.05) is 0 Å². The van der Waals surface area contributed by atoms with E-state index in [1.54, 1.807) is 30.3 Å². The molecule has 10 heteroatoms. The van der Waals surface area contributed by atoms with Gasteiger partial charge in [-0.3, -0.25) is 20.4 Å². The van der Waals surface area contributed by atoms with Gasteiger partial charge in [-0.15, -0.1) is 16.4 Å². The van der Waals surface area contributed by atoms with Crippen LogP contribution < -0.4 is 10.9 Å². The first-order valence-electron chi connectivity index (χ1n) is 9.06. The molecule has 0 aliphatic heterocycles. The highest BCUT2D eigenvalue weighted by Gasteiger charge is 2.07. The summed E-state index contributed by atoms with van der Waals surface area (Å²) in [5.41, 5.74) is 6.85. The maximum atomic E-state index is 12.2. The Hall–Kier alpha value is -3.82. The van der Waals surface area contributed by atoms with Gasteiger partial charge >= 0.3 is 0 Å². The van der Waals surface area contributed by atoms with Gasteiger partial charge in [0.2, 0.25) is 0 Å². The minimum Gasteiger partial charge on any atom is -0.268 e. The molecule has 0 aliphatic carbocycles. The number of hydrazine groups is 1. The maximum Gasteiger partial charge on any atom is 0.269 e. The largest absolute Gasteiger partial charge is 0.269 e. The van der Waals surface area contributed by atoms with E-state index in [4.69, 9.17) is 11.6 Å². The second kappa shape index (κ2) is 9.33. The summed E-state index contributed by atoms with van der Waals surface area (Å²) in [6, 6.07) is 18.1. The number of rotatable bonds is 5. The third-order valence-electron chi connectivity index (χ3n) is 4.18. The third kappa shape index (κ3) is 5.21. The molecule has 2 amide bonds. The van der Waals surface area contributed by atoms with Gasteiger partial charge in [-0.2, -0.15) is 0 Å². The summed E-state index contributed by atoms with van der Waals surface area (Å²) in [7, 11) is 0.